The molecule has 4 amide bonds. The Labute approximate surface area is 292 Å². The minimum Gasteiger partial charge on any atom is -0.455 e. The maximum Gasteiger partial charge on any atom is 0.371 e. The molecule has 0 saturated heterocycles. The van der Waals surface area contributed by atoms with Gasteiger partial charge in [-0.25, -0.2) is 9.59 Å². The number of halogens is 4. The van der Waals surface area contributed by atoms with E-state index in [1.165, 1.54) is 26.0 Å². The summed E-state index contributed by atoms with van der Waals surface area (Å²) in [4.78, 5) is 75.7. The van der Waals surface area contributed by atoms with Crippen molar-refractivity contribution in [2.75, 3.05) is 0 Å². The predicted molar refractivity (Wildman–Crippen MR) is 163 cm³/mol. The molecule has 4 rings (SSSR count). The van der Waals surface area contributed by atoms with Crippen molar-refractivity contribution >= 4 is 55.8 Å². The highest BCUT2D eigenvalue weighted by molar-refractivity contribution is 7.88. The second-order valence-corrected chi connectivity index (χ2v) is 14.3. The average molecular weight is 779 g/mol. The predicted octanol–water partition coefficient (Wildman–Crippen LogP) is 3.75. The van der Waals surface area contributed by atoms with Crippen LogP contribution in [0.4, 0.5) is 17.6 Å². The molecule has 0 bridgehead atoms. The highest BCUT2D eigenvalue weighted by Crippen LogP contribution is 2.33. The Balaban J connectivity index is 1.37. The molecule has 16 nitrogen and oxygen atoms in total. The van der Waals surface area contributed by atoms with Gasteiger partial charge in [0.1, 0.15) is 12.2 Å². The molecular formula is C30H26F4N2O14S2. The van der Waals surface area contributed by atoms with Crippen molar-refractivity contribution < 1.29 is 81.2 Å². The van der Waals surface area contributed by atoms with Crippen LogP contribution in [0.1, 0.15) is 103 Å². The number of nitrogens with zero attached hydrogens (tertiary/aromatic N) is 2. The number of imide groups is 2. The van der Waals surface area contributed by atoms with Crippen LogP contribution in [0.15, 0.2) is 48.6 Å². The first-order chi connectivity index (χ1) is 24.0. The molecule has 0 saturated carbocycles. The fraction of sp³-hybridized carbons (Fsp3) is 0.333. The second kappa shape index (κ2) is 14.2. The van der Waals surface area contributed by atoms with Gasteiger partial charge in [0.15, 0.2) is 0 Å². The Hall–Kier alpha value is -5.06. The van der Waals surface area contributed by atoms with Gasteiger partial charge < -0.3 is 9.47 Å². The van der Waals surface area contributed by atoms with Crippen LogP contribution in [0.3, 0.4) is 0 Å². The molecule has 2 aliphatic heterocycles. The van der Waals surface area contributed by atoms with Crippen molar-refractivity contribution in [3.63, 3.8) is 0 Å². The second-order valence-electron chi connectivity index (χ2n) is 11.0. The zero-order valence-corrected chi connectivity index (χ0v) is 28.8. The van der Waals surface area contributed by atoms with E-state index in [2.05, 4.69) is 8.57 Å². The molecule has 52 heavy (non-hydrogen) atoms. The summed E-state index contributed by atoms with van der Waals surface area (Å²) in [6, 6.07) is 5.75. The third-order valence-corrected chi connectivity index (χ3v) is 10.0. The van der Waals surface area contributed by atoms with Crippen LogP contribution in [0.2, 0.25) is 0 Å². The first-order valence-corrected chi connectivity index (χ1v) is 17.6. The van der Waals surface area contributed by atoms with Crippen LogP contribution >= 0.6 is 0 Å². The number of ether oxygens (including phenoxy) is 2. The number of hydrogen-bond donors (Lipinski definition) is 0. The number of rotatable bonds is 14. The highest BCUT2D eigenvalue weighted by atomic mass is 32.2. The standard InChI is InChI=1S/C30H26F4N2O14S2/c1-5-29(31,32)51(43,44)49-35-23(37)19-11-9-17(13-21(19)25(35)39)27(41)47-15(3)7-8-16(4)48-28(42)18-10-12-20-22(14-18)26(40)36(24(20)38)50-52(45,46)30(33,34)6-2/h7-16H,5-6H2,1-4H3/b8-7+. The van der Waals surface area contributed by atoms with Crippen LogP contribution in [0, 0.1) is 0 Å². The summed E-state index contributed by atoms with van der Waals surface area (Å²) < 4.78 is 121. The van der Waals surface area contributed by atoms with Gasteiger partial charge in [-0.1, -0.05) is 13.8 Å². The van der Waals surface area contributed by atoms with Gasteiger partial charge in [-0.15, -0.1) is 18.7 Å². The van der Waals surface area contributed by atoms with E-state index in [-0.39, 0.29) is 21.3 Å². The fourth-order valence-electron chi connectivity index (χ4n) is 4.35. The molecule has 2 aliphatic rings. The summed E-state index contributed by atoms with van der Waals surface area (Å²) in [6.07, 6.45) is -1.90. The van der Waals surface area contributed by atoms with E-state index in [1.54, 1.807) is 0 Å². The Morgan fingerprint density at radius 3 is 1.25 bits per heavy atom. The van der Waals surface area contributed by atoms with E-state index in [0.29, 0.717) is 0 Å². The molecular weight excluding hydrogens is 752 g/mol. The SMILES string of the molecule is CCC(F)(F)S(=O)(=O)ON1C(=O)c2ccc(C(=O)OC(C)/C=C/C(C)OC(=O)c3ccc4c(c3)C(=O)N(OS(=O)(=O)C(F)(F)CC)C4=O)cc2C1=O. The number of fused-ring (bicyclic) bond motifs is 2. The number of alkyl halides is 4. The molecule has 2 aromatic rings. The zero-order chi connectivity index (χ0) is 39.1. The first kappa shape index (κ1) is 39.7. The molecule has 2 heterocycles. The number of benzene rings is 2. The van der Waals surface area contributed by atoms with E-state index in [1.807, 2.05) is 0 Å². The van der Waals surface area contributed by atoms with Crippen molar-refractivity contribution in [3.05, 3.63) is 81.9 Å². The van der Waals surface area contributed by atoms with Gasteiger partial charge in [0.25, 0.3) is 23.6 Å². The number of hydrogen-bond acceptors (Lipinski definition) is 14. The summed E-state index contributed by atoms with van der Waals surface area (Å²) in [5, 5.41) is -9.54. The third kappa shape index (κ3) is 7.45. The minimum absolute atomic E-state index is 0.298. The van der Waals surface area contributed by atoms with Crippen LogP contribution < -0.4 is 0 Å². The monoisotopic (exact) mass is 778 g/mol. The van der Waals surface area contributed by atoms with Crippen molar-refractivity contribution in [1.29, 1.82) is 0 Å². The van der Waals surface area contributed by atoms with Gasteiger partial charge in [-0.3, -0.25) is 19.2 Å². The smallest absolute Gasteiger partial charge is 0.371 e. The maximum absolute atomic E-state index is 13.8. The molecule has 0 aliphatic carbocycles. The lowest BCUT2D eigenvalue weighted by Gasteiger charge is -2.18. The molecule has 0 radical (unpaired) electrons. The molecule has 0 spiro atoms. The van der Waals surface area contributed by atoms with Crippen LogP contribution in [-0.2, 0) is 38.3 Å². The average Bonchev–Trinajstić information content (AvgIpc) is 3.45. The molecule has 0 aromatic heterocycles. The van der Waals surface area contributed by atoms with E-state index in [4.69, 9.17) is 9.47 Å². The summed E-state index contributed by atoms with van der Waals surface area (Å²) in [7, 11) is -11.5. The summed E-state index contributed by atoms with van der Waals surface area (Å²) in [5.74, 6) is -7.67. The van der Waals surface area contributed by atoms with E-state index in [9.17, 15) is 63.2 Å². The van der Waals surface area contributed by atoms with Crippen molar-refractivity contribution in [3.8, 4) is 0 Å². The normalized spacial score (nSPS) is 16.3. The molecule has 2 atom stereocenters. The quantitative estimate of drug-likeness (QED) is 0.116. The number of amides is 4. The van der Waals surface area contributed by atoms with Gasteiger partial charge >= 0.3 is 42.7 Å². The number of esters is 2. The number of hydroxylamine groups is 4. The van der Waals surface area contributed by atoms with Gasteiger partial charge in [0.05, 0.1) is 33.4 Å². The summed E-state index contributed by atoms with van der Waals surface area (Å²) in [5.41, 5.74) is -2.52. The number of carbonyl (C=O) groups excluding carboxylic acids is 6. The Morgan fingerprint density at radius 2 is 0.942 bits per heavy atom. The van der Waals surface area contributed by atoms with Gasteiger partial charge in [-0.2, -0.15) is 34.4 Å². The minimum atomic E-state index is -5.73. The van der Waals surface area contributed by atoms with Crippen LogP contribution in [0.5, 0.6) is 0 Å². The lowest BCUT2D eigenvalue weighted by Crippen LogP contribution is -2.39. The first-order valence-electron chi connectivity index (χ1n) is 14.8. The third-order valence-electron chi connectivity index (χ3n) is 7.31. The molecule has 2 aromatic carbocycles. The lowest BCUT2D eigenvalue weighted by molar-refractivity contribution is -0.0255. The van der Waals surface area contributed by atoms with Crippen LogP contribution in [0.25, 0.3) is 0 Å². The van der Waals surface area contributed by atoms with Gasteiger partial charge in [0, 0.05) is 12.8 Å². The van der Waals surface area contributed by atoms with Gasteiger partial charge in [-0.05, 0) is 62.4 Å². The molecule has 22 heteroatoms. The summed E-state index contributed by atoms with van der Waals surface area (Å²) in [6.45, 7) is 4.44. The Bertz CT molecular complexity index is 1990. The summed E-state index contributed by atoms with van der Waals surface area (Å²) >= 11 is 0. The fourth-order valence-corrected chi connectivity index (χ4v) is 5.94. The number of carbonyl (C=O) groups is 6. The van der Waals surface area contributed by atoms with E-state index < -0.39 is 114 Å². The lowest BCUT2D eigenvalue weighted by atomic mass is 10.1. The molecule has 0 N–H and O–H groups in total. The van der Waals surface area contributed by atoms with Crippen molar-refractivity contribution in [1.82, 2.24) is 10.1 Å². The topological polar surface area (TPSA) is 214 Å². The Kier molecular flexibility index (Phi) is 10.8. The Morgan fingerprint density at radius 1 is 0.635 bits per heavy atom. The maximum atomic E-state index is 13.8. The van der Waals surface area contributed by atoms with E-state index in [0.717, 1.165) is 50.2 Å². The van der Waals surface area contributed by atoms with Gasteiger partial charge in [0.2, 0.25) is 0 Å². The van der Waals surface area contributed by atoms with Crippen molar-refractivity contribution in [2.24, 2.45) is 0 Å². The van der Waals surface area contributed by atoms with Crippen LogP contribution in [-0.4, -0.2) is 85.2 Å². The van der Waals surface area contributed by atoms with E-state index >= 15 is 0 Å². The molecule has 0 fully saturated rings. The zero-order valence-electron chi connectivity index (χ0n) is 27.1. The molecule has 2 unspecified atom stereocenters. The van der Waals surface area contributed by atoms with Crippen molar-refractivity contribution in [2.45, 2.75) is 63.3 Å². The highest BCUT2D eigenvalue weighted by Gasteiger charge is 2.51. The largest absolute Gasteiger partial charge is 0.455 e. The molecule has 280 valence electrons.